The SMILES string of the molecule is Cc1nc(Cl)c2c(Cl)ccc(C)c2n1. The van der Waals surface area contributed by atoms with Crippen molar-refractivity contribution >= 4 is 34.1 Å². The van der Waals surface area contributed by atoms with Crippen LogP contribution < -0.4 is 0 Å². The summed E-state index contributed by atoms with van der Waals surface area (Å²) in [6, 6.07) is 3.73. The molecule has 0 radical (unpaired) electrons. The molecule has 0 spiro atoms. The molecule has 0 saturated carbocycles. The molecule has 0 bridgehead atoms. The van der Waals surface area contributed by atoms with Gasteiger partial charge >= 0.3 is 0 Å². The quantitative estimate of drug-likeness (QED) is 0.643. The van der Waals surface area contributed by atoms with Crippen molar-refractivity contribution in [2.75, 3.05) is 0 Å². The summed E-state index contributed by atoms with van der Waals surface area (Å²) in [6.07, 6.45) is 0. The normalized spacial score (nSPS) is 10.9. The Hall–Kier alpha value is -0.860. The van der Waals surface area contributed by atoms with E-state index in [9.17, 15) is 0 Å². The van der Waals surface area contributed by atoms with E-state index in [4.69, 9.17) is 23.2 Å². The third-order valence-corrected chi connectivity index (χ3v) is 2.66. The van der Waals surface area contributed by atoms with Crippen molar-refractivity contribution in [1.82, 2.24) is 9.97 Å². The van der Waals surface area contributed by atoms with Gasteiger partial charge in [-0.15, -0.1) is 0 Å². The fourth-order valence-electron chi connectivity index (χ4n) is 1.40. The molecular formula is C10H8Cl2N2. The van der Waals surface area contributed by atoms with E-state index in [1.54, 1.807) is 0 Å². The lowest BCUT2D eigenvalue weighted by Crippen LogP contribution is -1.92. The zero-order chi connectivity index (χ0) is 10.3. The lowest BCUT2D eigenvalue weighted by Gasteiger charge is -2.05. The molecule has 0 aliphatic rings. The van der Waals surface area contributed by atoms with Gasteiger partial charge in [0.25, 0.3) is 0 Å². The summed E-state index contributed by atoms with van der Waals surface area (Å²) < 4.78 is 0. The zero-order valence-electron chi connectivity index (χ0n) is 7.81. The molecule has 0 amide bonds. The molecule has 2 nitrogen and oxygen atoms in total. The summed E-state index contributed by atoms with van der Waals surface area (Å²) in [5.41, 5.74) is 1.88. The molecule has 0 fully saturated rings. The van der Waals surface area contributed by atoms with Crippen LogP contribution in [0.3, 0.4) is 0 Å². The predicted molar refractivity (Wildman–Crippen MR) is 59.0 cm³/mol. The van der Waals surface area contributed by atoms with E-state index < -0.39 is 0 Å². The van der Waals surface area contributed by atoms with Crippen molar-refractivity contribution in [2.45, 2.75) is 13.8 Å². The Bertz CT molecular complexity index is 509. The maximum absolute atomic E-state index is 6.02. The molecule has 0 saturated heterocycles. The molecule has 2 aromatic rings. The highest BCUT2D eigenvalue weighted by Gasteiger charge is 2.09. The fraction of sp³-hybridized carbons (Fsp3) is 0.200. The number of aryl methyl sites for hydroxylation is 2. The van der Waals surface area contributed by atoms with E-state index in [0.29, 0.717) is 16.0 Å². The minimum atomic E-state index is 0.418. The zero-order valence-corrected chi connectivity index (χ0v) is 9.32. The molecule has 72 valence electrons. The third kappa shape index (κ3) is 1.45. The van der Waals surface area contributed by atoms with E-state index in [-0.39, 0.29) is 0 Å². The predicted octanol–water partition coefficient (Wildman–Crippen LogP) is 3.55. The van der Waals surface area contributed by atoms with E-state index in [2.05, 4.69) is 9.97 Å². The lowest BCUT2D eigenvalue weighted by molar-refractivity contribution is 1.09. The number of nitrogens with zero attached hydrogens (tertiary/aromatic N) is 2. The smallest absolute Gasteiger partial charge is 0.142 e. The van der Waals surface area contributed by atoms with Gasteiger partial charge < -0.3 is 0 Å². The Kier molecular flexibility index (Phi) is 2.33. The molecule has 1 heterocycles. The van der Waals surface area contributed by atoms with Crippen LogP contribution in [-0.4, -0.2) is 9.97 Å². The molecular weight excluding hydrogens is 219 g/mol. The Morgan fingerprint density at radius 3 is 2.50 bits per heavy atom. The number of halogens is 2. The first-order chi connectivity index (χ1) is 6.59. The van der Waals surface area contributed by atoms with E-state index >= 15 is 0 Å². The van der Waals surface area contributed by atoms with Gasteiger partial charge in [0, 0.05) is 0 Å². The van der Waals surface area contributed by atoms with E-state index in [1.807, 2.05) is 26.0 Å². The topological polar surface area (TPSA) is 25.8 Å². The van der Waals surface area contributed by atoms with E-state index in [0.717, 1.165) is 16.5 Å². The average Bonchev–Trinajstić information content (AvgIpc) is 2.10. The highest BCUT2D eigenvalue weighted by molar-refractivity contribution is 6.41. The molecule has 4 heteroatoms. The first-order valence-electron chi connectivity index (χ1n) is 4.18. The number of rotatable bonds is 0. The molecule has 0 unspecified atom stereocenters. The van der Waals surface area contributed by atoms with Crippen molar-refractivity contribution < 1.29 is 0 Å². The van der Waals surface area contributed by atoms with E-state index in [1.165, 1.54) is 0 Å². The maximum Gasteiger partial charge on any atom is 0.142 e. The van der Waals surface area contributed by atoms with Crippen LogP contribution in [-0.2, 0) is 0 Å². The fourth-order valence-corrected chi connectivity index (χ4v) is 2.00. The van der Waals surface area contributed by atoms with Crippen LogP contribution in [0.5, 0.6) is 0 Å². The molecule has 14 heavy (non-hydrogen) atoms. The van der Waals surface area contributed by atoms with Gasteiger partial charge in [-0.25, -0.2) is 9.97 Å². The maximum atomic E-state index is 6.02. The molecule has 0 aliphatic carbocycles. The number of benzene rings is 1. The summed E-state index contributed by atoms with van der Waals surface area (Å²) >= 11 is 12.0. The molecule has 1 aromatic carbocycles. The van der Waals surface area contributed by atoms with Gasteiger partial charge in [0.1, 0.15) is 11.0 Å². The second-order valence-corrected chi connectivity index (χ2v) is 3.91. The second kappa shape index (κ2) is 3.37. The highest BCUT2D eigenvalue weighted by Crippen LogP contribution is 2.29. The summed E-state index contributed by atoms with van der Waals surface area (Å²) in [5.74, 6) is 0.660. The standard InChI is InChI=1S/C10H8Cl2N2/c1-5-3-4-7(11)8-9(5)13-6(2)14-10(8)12/h3-4H,1-2H3. The van der Waals surface area contributed by atoms with Gasteiger partial charge in [0.2, 0.25) is 0 Å². The first-order valence-corrected chi connectivity index (χ1v) is 4.94. The highest BCUT2D eigenvalue weighted by atomic mass is 35.5. The van der Waals surface area contributed by atoms with Gasteiger partial charge in [0.05, 0.1) is 15.9 Å². The lowest BCUT2D eigenvalue weighted by atomic mass is 10.1. The minimum Gasteiger partial charge on any atom is -0.233 e. The Balaban J connectivity index is 3.00. The summed E-state index contributed by atoms with van der Waals surface area (Å²) in [4.78, 5) is 8.39. The third-order valence-electron chi connectivity index (χ3n) is 2.07. The van der Waals surface area contributed by atoms with Gasteiger partial charge in [-0.1, -0.05) is 29.3 Å². The average molecular weight is 227 g/mol. The van der Waals surface area contributed by atoms with Crippen LogP contribution in [0.4, 0.5) is 0 Å². The number of hydrogen-bond acceptors (Lipinski definition) is 2. The van der Waals surface area contributed by atoms with Crippen molar-refractivity contribution in [2.24, 2.45) is 0 Å². The Morgan fingerprint density at radius 2 is 1.79 bits per heavy atom. The van der Waals surface area contributed by atoms with Gasteiger partial charge in [0.15, 0.2) is 0 Å². The second-order valence-electron chi connectivity index (χ2n) is 3.15. The largest absolute Gasteiger partial charge is 0.233 e. The van der Waals surface area contributed by atoms with Crippen LogP contribution in [0.25, 0.3) is 10.9 Å². The van der Waals surface area contributed by atoms with Crippen LogP contribution in [0.1, 0.15) is 11.4 Å². The molecule has 2 rings (SSSR count). The monoisotopic (exact) mass is 226 g/mol. The van der Waals surface area contributed by atoms with Crippen molar-refractivity contribution in [3.8, 4) is 0 Å². The van der Waals surface area contributed by atoms with Crippen LogP contribution in [0, 0.1) is 13.8 Å². The number of aromatic nitrogens is 2. The molecule has 0 aliphatic heterocycles. The van der Waals surface area contributed by atoms with Gasteiger partial charge in [-0.05, 0) is 25.5 Å². The van der Waals surface area contributed by atoms with Gasteiger partial charge in [-0.2, -0.15) is 0 Å². The van der Waals surface area contributed by atoms with Crippen molar-refractivity contribution in [1.29, 1.82) is 0 Å². The van der Waals surface area contributed by atoms with Crippen LogP contribution >= 0.6 is 23.2 Å². The number of fused-ring (bicyclic) bond motifs is 1. The minimum absolute atomic E-state index is 0.418. The Labute approximate surface area is 91.9 Å². The van der Waals surface area contributed by atoms with Gasteiger partial charge in [-0.3, -0.25) is 0 Å². The Morgan fingerprint density at radius 1 is 1.07 bits per heavy atom. The summed E-state index contributed by atoms with van der Waals surface area (Å²) in [7, 11) is 0. The van der Waals surface area contributed by atoms with Crippen LogP contribution in [0.15, 0.2) is 12.1 Å². The molecule has 0 atom stereocenters. The molecule has 0 N–H and O–H groups in total. The summed E-state index contributed by atoms with van der Waals surface area (Å²) in [5, 5.41) is 1.75. The summed E-state index contributed by atoms with van der Waals surface area (Å²) in [6.45, 7) is 3.78. The first kappa shape index (κ1) is 9.69. The number of hydrogen-bond donors (Lipinski definition) is 0. The van der Waals surface area contributed by atoms with Crippen molar-refractivity contribution in [3.63, 3.8) is 0 Å². The van der Waals surface area contributed by atoms with Crippen molar-refractivity contribution in [3.05, 3.63) is 33.7 Å². The van der Waals surface area contributed by atoms with Crippen LogP contribution in [0.2, 0.25) is 10.2 Å². The molecule has 1 aromatic heterocycles.